The molecule has 2 heterocycles. The molecule has 7 nitrogen and oxygen atoms in total. The lowest BCUT2D eigenvalue weighted by Gasteiger charge is -2.13. The van der Waals surface area contributed by atoms with Gasteiger partial charge in [0.2, 0.25) is 5.91 Å². The predicted molar refractivity (Wildman–Crippen MR) is 96.5 cm³/mol. The van der Waals surface area contributed by atoms with E-state index in [1.54, 1.807) is 13.0 Å². The van der Waals surface area contributed by atoms with Gasteiger partial charge in [-0.3, -0.25) is 19.5 Å². The smallest absolute Gasteiger partial charge is 0.318 e. The highest BCUT2D eigenvalue weighted by atomic mass is 32.2. The predicted octanol–water partition coefficient (Wildman–Crippen LogP) is 1.88. The molecule has 3 N–H and O–H groups in total. The van der Waals surface area contributed by atoms with Crippen molar-refractivity contribution >= 4 is 45.3 Å². The Morgan fingerprint density at radius 1 is 1.58 bits per heavy atom. The van der Waals surface area contributed by atoms with Gasteiger partial charge in [-0.15, -0.1) is 17.9 Å². The van der Waals surface area contributed by atoms with Crippen LogP contribution < -0.4 is 16.6 Å². The molecule has 2 aromatic heterocycles. The van der Waals surface area contributed by atoms with Crippen LogP contribution in [0.1, 0.15) is 18.7 Å². The topological polar surface area (TPSA) is 107 Å². The summed E-state index contributed by atoms with van der Waals surface area (Å²) in [5, 5.41) is 2.36. The maximum atomic E-state index is 12.7. The number of carbonyl (C=O) groups excluding carboxylic acids is 2. The average molecular weight is 366 g/mol. The van der Waals surface area contributed by atoms with Gasteiger partial charge in [0, 0.05) is 11.4 Å². The van der Waals surface area contributed by atoms with E-state index in [2.05, 4.69) is 11.6 Å². The number of aromatic nitrogens is 2. The number of thioether (sulfide) groups is 1. The first-order valence-corrected chi connectivity index (χ1v) is 8.98. The zero-order chi connectivity index (χ0) is 17.9. The molecule has 0 bridgehead atoms. The molecule has 128 valence electrons. The lowest BCUT2D eigenvalue weighted by Crippen LogP contribution is -2.39. The van der Waals surface area contributed by atoms with Crippen LogP contribution in [0.2, 0.25) is 0 Å². The summed E-state index contributed by atoms with van der Waals surface area (Å²) in [7, 11) is 0. The van der Waals surface area contributed by atoms with Gasteiger partial charge in [-0.25, -0.2) is 9.78 Å². The SMILES string of the molecule is C=CCn1c(S[C@@H](C)C(=O)NC(N)=O)nc2sc(CC)cc2c1=O. The standard InChI is InChI=1S/C15H18N4O3S2/c1-4-6-19-13(21)10-7-9(5-2)24-12(10)18-15(19)23-8(3)11(20)17-14(16)22/h4,7-8H,1,5-6H2,2-3H3,(H3,16,17,20,22)/t8-/m0/s1. The zero-order valence-electron chi connectivity index (χ0n) is 13.4. The molecule has 0 aliphatic rings. The summed E-state index contributed by atoms with van der Waals surface area (Å²) >= 11 is 2.56. The summed E-state index contributed by atoms with van der Waals surface area (Å²) in [4.78, 5) is 41.6. The van der Waals surface area contributed by atoms with E-state index in [0.29, 0.717) is 15.4 Å². The molecule has 1 atom stereocenters. The second-order valence-electron chi connectivity index (χ2n) is 5.00. The fourth-order valence-electron chi connectivity index (χ4n) is 2.04. The molecule has 24 heavy (non-hydrogen) atoms. The summed E-state index contributed by atoms with van der Waals surface area (Å²) in [5.41, 5.74) is 4.79. The first kappa shape index (κ1) is 18.2. The minimum atomic E-state index is -0.912. The third-order valence-corrected chi connectivity index (χ3v) is 5.49. The largest absolute Gasteiger partial charge is 0.351 e. The molecular formula is C15H18N4O3S2. The summed E-state index contributed by atoms with van der Waals surface area (Å²) in [6.07, 6.45) is 2.42. The Morgan fingerprint density at radius 3 is 2.88 bits per heavy atom. The highest BCUT2D eigenvalue weighted by Gasteiger charge is 2.20. The number of urea groups is 1. The van der Waals surface area contributed by atoms with Crippen molar-refractivity contribution in [2.75, 3.05) is 0 Å². The lowest BCUT2D eigenvalue weighted by molar-refractivity contribution is -0.119. The number of primary amides is 1. The lowest BCUT2D eigenvalue weighted by atomic mass is 10.3. The van der Waals surface area contributed by atoms with Gasteiger partial charge in [-0.05, 0) is 19.4 Å². The Kier molecular flexibility index (Phi) is 5.79. The van der Waals surface area contributed by atoms with Crippen LogP contribution in [-0.4, -0.2) is 26.7 Å². The number of thiophene rings is 1. The van der Waals surface area contributed by atoms with Gasteiger partial charge in [-0.1, -0.05) is 24.8 Å². The van der Waals surface area contributed by atoms with Crippen molar-refractivity contribution in [2.24, 2.45) is 5.73 Å². The van der Waals surface area contributed by atoms with Gasteiger partial charge in [0.05, 0.1) is 10.6 Å². The number of aryl methyl sites for hydroxylation is 1. The number of rotatable bonds is 6. The molecule has 3 amide bonds. The van der Waals surface area contributed by atoms with Crippen LogP contribution >= 0.6 is 23.1 Å². The molecule has 0 aliphatic carbocycles. The number of amides is 3. The second kappa shape index (κ2) is 7.63. The number of nitrogens with zero attached hydrogens (tertiary/aromatic N) is 2. The van der Waals surface area contributed by atoms with Crippen molar-refractivity contribution in [3.05, 3.63) is 34.0 Å². The van der Waals surface area contributed by atoms with Gasteiger partial charge in [0.25, 0.3) is 5.56 Å². The highest BCUT2D eigenvalue weighted by molar-refractivity contribution is 8.00. The molecule has 0 saturated heterocycles. The van der Waals surface area contributed by atoms with E-state index in [-0.39, 0.29) is 12.1 Å². The van der Waals surface area contributed by atoms with Crippen LogP contribution in [0.15, 0.2) is 28.7 Å². The Labute approximate surface area is 146 Å². The molecule has 0 saturated carbocycles. The van der Waals surface area contributed by atoms with Crippen molar-refractivity contribution in [1.82, 2.24) is 14.9 Å². The van der Waals surface area contributed by atoms with Crippen molar-refractivity contribution in [2.45, 2.75) is 37.2 Å². The maximum Gasteiger partial charge on any atom is 0.318 e. The minimum Gasteiger partial charge on any atom is -0.351 e. The number of hydrogen-bond acceptors (Lipinski definition) is 6. The van der Waals surface area contributed by atoms with Crippen LogP contribution in [0, 0.1) is 0 Å². The zero-order valence-corrected chi connectivity index (χ0v) is 15.0. The molecule has 0 spiro atoms. The fraction of sp³-hybridized carbons (Fsp3) is 0.333. The Bertz CT molecular complexity index is 856. The number of hydrogen-bond donors (Lipinski definition) is 2. The Balaban J connectivity index is 2.45. The van der Waals surface area contributed by atoms with E-state index < -0.39 is 17.2 Å². The average Bonchev–Trinajstić information content (AvgIpc) is 2.93. The summed E-state index contributed by atoms with van der Waals surface area (Å²) < 4.78 is 1.47. The molecule has 0 radical (unpaired) electrons. The van der Waals surface area contributed by atoms with Crippen molar-refractivity contribution < 1.29 is 9.59 Å². The molecule has 2 rings (SSSR count). The van der Waals surface area contributed by atoms with Gasteiger partial charge < -0.3 is 5.73 Å². The van der Waals surface area contributed by atoms with E-state index in [0.717, 1.165) is 23.1 Å². The summed E-state index contributed by atoms with van der Waals surface area (Å²) in [5.74, 6) is -0.535. The minimum absolute atomic E-state index is 0.166. The molecule has 0 aromatic carbocycles. The summed E-state index contributed by atoms with van der Waals surface area (Å²) in [6.45, 7) is 7.57. The van der Waals surface area contributed by atoms with Crippen LogP contribution in [-0.2, 0) is 17.8 Å². The Morgan fingerprint density at radius 2 is 2.29 bits per heavy atom. The molecule has 0 aliphatic heterocycles. The van der Waals surface area contributed by atoms with Crippen LogP contribution in [0.3, 0.4) is 0 Å². The molecule has 0 fully saturated rings. The van der Waals surface area contributed by atoms with Crippen molar-refractivity contribution in [1.29, 1.82) is 0 Å². The monoisotopic (exact) mass is 366 g/mol. The number of fused-ring (bicyclic) bond motifs is 1. The molecular weight excluding hydrogens is 348 g/mol. The second-order valence-corrected chi connectivity index (χ2v) is 7.42. The van der Waals surface area contributed by atoms with E-state index in [1.807, 2.05) is 18.3 Å². The van der Waals surface area contributed by atoms with Crippen molar-refractivity contribution in [3.63, 3.8) is 0 Å². The van der Waals surface area contributed by atoms with Gasteiger partial charge >= 0.3 is 6.03 Å². The summed E-state index contributed by atoms with van der Waals surface area (Å²) in [6, 6.07) is 0.942. The van der Waals surface area contributed by atoms with Crippen molar-refractivity contribution in [3.8, 4) is 0 Å². The van der Waals surface area contributed by atoms with E-state index in [1.165, 1.54) is 15.9 Å². The third-order valence-electron chi connectivity index (χ3n) is 3.23. The highest BCUT2D eigenvalue weighted by Crippen LogP contribution is 2.27. The Hall–Kier alpha value is -2.13. The fourth-order valence-corrected chi connectivity index (χ4v) is 3.96. The van der Waals surface area contributed by atoms with Gasteiger partial charge in [0.1, 0.15) is 4.83 Å². The van der Waals surface area contributed by atoms with E-state index in [9.17, 15) is 14.4 Å². The molecule has 2 aromatic rings. The normalized spacial score (nSPS) is 12.1. The quantitative estimate of drug-likeness (QED) is 0.461. The number of nitrogens with one attached hydrogen (secondary N) is 1. The number of imide groups is 1. The first-order valence-electron chi connectivity index (χ1n) is 7.28. The third kappa shape index (κ3) is 3.85. The van der Waals surface area contributed by atoms with Crippen LogP contribution in [0.25, 0.3) is 10.2 Å². The van der Waals surface area contributed by atoms with E-state index in [4.69, 9.17) is 5.73 Å². The van der Waals surface area contributed by atoms with E-state index >= 15 is 0 Å². The van der Waals surface area contributed by atoms with Gasteiger partial charge in [-0.2, -0.15) is 0 Å². The maximum absolute atomic E-state index is 12.7. The number of carbonyl (C=O) groups is 2. The van der Waals surface area contributed by atoms with Gasteiger partial charge in [0.15, 0.2) is 5.16 Å². The number of nitrogens with two attached hydrogens (primary N) is 1. The van der Waals surface area contributed by atoms with Crippen LogP contribution in [0.4, 0.5) is 4.79 Å². The number of allylic oxidation sites excluding steroid dienone is 1. The molecule has 0 unspecified atom stereocenters. The first-order chi connectivity index (χ1) is 11.4. The van der Waals surface area contributed by atoms with Crippen LogP contribution in [0.5, 0.6) is 0 Å². The molecule has 9 heteroatoms.